The van der Waals surface area contributed by atoms with Gasteiger partial charge in [0.15, 0.2) is 5.96 Å². The lowest BCUT2D eigenvalue weighted by Gasteiger charge is -2.20. The first-order valence-corrected chi connectivity index (χ1v) is 8.72. The van der Waals surface area contributed by atoms with Crippen LogP contribution in [0.1, 0.15) is 27.4 Å². The summed E-state index contributed by atoms with van der Waals surface area (Å²) < 4.78 is 0. The van der Waals surface area contributed by atoms with Gasteiger partial charge >= 0.3 is 0 Å². The van der Waals surface area contributed by atoms with E-state index in [4.69, 9.17) is 0 Å². The second kappa shape index (κ2) is 9.46. The Kier molecular flexibility index (Phi) is 8.34. The highest BCUT2D eigenvalue weighted by Crippen LogP contribution is 2.16. The maximum absolute atomic E-state index is 4.50. The molecular formula is C15H23IN4S2. The number of aliphatic imine (C=N–C) groups is 1. The average molecular weight is 450 g/mol. The first-order chi connectivity index (χ1) is 10.1. The largest absolute Gasteiger partial charge is 0.351 e. The van der Waals surface area contributed by atoms with Crippen LogP contribution in [0.4, 0.5) is 0 Å². The van der Waals surface area contributed by atoms with Crippen LogP contribution < -0.4 is 5.32 Å². The Balaban J connectivity index is 0.00000242. The summed E-state index contributed by atoms with van der Waals surface area (Å²) in [6, 6.07) is 4.39. The zero-order valence-corrected chi connectivity index (χ0v) is 17.4. The zero-order valence-electron chi connectivity index (χ0n) is 13.4. The molecule has 22 heavy (non-hydrogen) atoms. The van der Waals surface area contributed by atoms with Crippen molar-refractivity contribution in [3.8, 4) is 0 Å². The first-order valence-electron chi connectivity index (χ1n) is 7.02. The maximum atomic E-state index is 4.50. The summed E-state index contributed by atoms with van der Waals surface area (Å²) in [7, 11) is 3.85. The quantitative estimate of drug-likeness (QED) is 0.427. The van der Waals surface area contributed by atoms with Gasteiger partial charge in [-0.25, -0.2) is 4.98 Å². The lowest BCUT2D eigenvalue weighted by molar-refractivity contribution is 0.471. The van der Waals surface area contributed by atoms with Crippen molar-refractivity contribution in [3.05, 3.63) is 38.0 Å². The van der Waals surface area contributed by atoms with E-state index in [2.05, 4.69) is 44.6 Å². The summed E-state index contributed by atoms with van der Waals surface area (Å²) in [6.07, 6.45) is 1.10. The summed E-state index contributed by atoms with van der Waals surface area (Å²) in [5.41, 5.74) is 1.09. The van der Waals surface area contributed by atoms with Crippen LogP contribution in [-0.2, 0) is 19.5 Å². The van der Waals surface area contributed by atoms with Crippen LogP contribution in [0.5, 0.6) is 0 Å². The fourth-order valence-corrected chi connectivity index (χ4v) is 3.56. The van der Waals surface area contributed by atoms with Crippen molar-refractivity contribution >= 4 is 52.6 Å². The van der Waals surface area contributed by atoms with Gasteiger partial charge in [-0.2, -0.15) is 0 Å². The second-order valence-corrected chi connectivity index (χ2v) is 7.15. The van der Waals surface area contributed by atoms with E-state index in [0.29, 0.717) is 0 Å². The summed E-state index contributed by atoms with van der Waals surface area (Å²) in [6.45, 7) is 5.81. The summed E-state index contributed by atoms with van der Waals surface area (Å²) in [5.74, 6) is 0.895. The Morgan fingerprint density at radius 1 is 1.36 bits per heavy atom. The number of aromatic nitrogens is 1. The normalized spacial score (nSPS) is 11.2. The molecule has 7 heteroatoms. The molecule has 0 atom stereocenters. The molecule has 0 spiro atoms. The van der Waals surface area contributed by atoms with Crippen LogP contribution in [0.2, 0.25) is 0 Å². The van der Waals surface area contributed by atoms with Crippen LogP contribution in [-0.4, -0.2) is 29.9 Å². The third kappa shape index (κ3) is 5.51. The van der Waals surface area contributed by atoms with Gasteiger partial charge in [0.05, 0.1) is 23.8 Å². The van der Waals surface area contributed by atoms with Gasteiger partial charge in [-0.05, 0) is 25.5 Å². The maximum Gasteiger partial charge on any atom is 0.194 e. The van der Waals surface area contributed by atoms with Gasteiger partial charge in [-0.1, -0.05) is 6.92 Å². The molecule has 2 heterocycles. The Morgan fingerprint density at radius 2 is 2.09 bits per heavy atom. The highest BCUT2D eigenvalue weighted by Gasteiger charge is 2.09. The number of hydrogen-bond donors (Lipinski definition) is 1. The SMILES string of the molecule is CCc1ccc(CNC(=NC)N(C)Cc2csc(C)n2)s1.I. The van der Waals surface area contributed by atoms with Gasteiger partial charge in [0.1, 0.15) is 0 Å². The van der Waals surface area contributed by atoms with Crippen molar-refractivity contribution in [2.75, 3.05) is 14.1 Å². The number of aryl methyl sites for hydroxylation is 2. The number of hydrogen-bond acceptors (Lipinski definition) is 4. The van der Waals surface area contributed by atoms with E-state index in [0.717, 1.165) is 36.2 Å². The highest BCUT2D eigenvalue weighted by molar-refractivity contribution is 14.0. The molecule has 0 radical (unpaired) electrons. The van der Waals surface area contributed by atoms with Gasteiger partial charge in [-0.15, -0.1) is 46.7 Å². The van der Waals surface area contributed by atoms with Crippen molar-refractivity contribution in [1.82, 2.24) is 15.2 Å². The van der Waals surface area contributed by atoms with E-state index in [9.17, 15) is 0 Å². The van der Waals surface area contributed by atoms with Crippen molar-refractivity contribution in [2.24, 2.45) is 4.99 Å². The number of halogens is 1. The van der Waals surface area contributed by atoms with Crippen LogP contribution in [0.15, 0.2) is 22.5 Å². The molecular weight excluding hydrogens is 427 g/mol. The molecule has 2 aromatic heterocycles. The van der Waals surface area contributed by atoms with E-state index >= 15 is 0 Å². The minimum absolute atomic E-state index is 0. The molecule has 0 aliphatic heterocycles. The van der Waals surface area contributed by atoms with Gasteiger partial charge in [0, 0.05) is 29.2 Å². The lowest BCUT2D eigenvalue weighted by Crippen LogP contribution is -2.37. The van der Waals surface area contributed by atoms with Gasteiger partial charge in [-0.3, -0.25) is 4.99 Å². The summed E-state index contributed by atoms with van der Waals surface area (Å²) in [4.78, 5) is 13.7. The zero-order chi connectivity index (χ0) is 15.2. The Hall–Kier alpha value is -0.670. The number of thiazole rings is 1. The Morgan fingerprint density at radius 3 is 2.64 bits per heavy atom. The number of rotatable bonds is 5. The van der Waals surface area contributed by atoms with Crippen molar-refractivity contribution < 1.29 is 0 Å². The molecule has 0 aliphatic rings. The van der Waals surface area contributed by atoms with Crippen LogP contribution in [0, 0.1) is 6.92 Å². The van der Waals surface area contributed by atoms with Crippen molar-refractivity contribution in [3.63, 3.8) is 0 Å². The summed E-state index contributed by atoms with van der Waals surface area (Å²) >= 11 is 3.54. The predicted molar refractivity (Wildman–Crippen MR) is 108 cm³/mol. The van der Waals surface area contributed by atoms with Crippen LogP contribution in [0.3, 0.4) is 0 Å². The molecule has 4 nitrogen and oxygen atoms in total. The third-order valence-corrected chi connectivity index (χ3v) is 5.18. The lowest BCUT2D eigenvalue weighted by atomic mass is 10.3. The van der Waals surface area contributed by atoms with Gasteiger partial charge in [0.2, 0.25) is 0 Å². The second-order valence-electron chi connectivity index (χ2n) is 4.84. The predicted octanol–water partition coefficient (Wildman–Crippen LogP) is 3.90. The number of nitrogens with one attached hydrogen (secondary N) is 1. The number of guanidine groups is 1. The van der Waals surface area contributed by atoms with Gasteiger partial charge in [0.25, 0.3) is 0 Å². The molecule has 0 saturated carbocycles. The standard InChI is InChI=1S/C15H22N4S2.HI/c1-5-13-6-7-14(21-13)8-17-15(16-3)19(4)9-12-10-20-11(2)18-12;/h6-7,10H,5,8-9H2,1-4H3,(H,16,17);1H. The molecule has 0 saturated heterocycles. The van der Waals surface area contributed by atoms with E-state index in [1.807, 2.05) is 32.4 Å². The van der Waals surface area contributed by atoms with E-state index < -0.39 is 0 Å². The molecule has 0 aliphatic carbocycles. The molecule has 0 bridgehead atoms. The topological polar surface area (TPSA) is 40.5 Å². The van der Waals surface area contributed by atoms with Gasteiger partial charge < -0.3 is 10.2 Å². The molecule has 1 N–H and O–H groups in total. The molecule has 2 rings (SSSR count). The Bertz CT molecular complexity index is 606. The average Bonchev–Trinajstić information content (AvgIpc) is 3.08. The highest BCUT2D eigenvalue weighted by atomic mass is 127. The minimum Gasteiger partial charge on any atom is -0.351 e. The van der Waals surface area contributed by atoms with E-state index in [1.165, 1.54) is 9.75 Å². The van der Waals surface area contributed by atoms with E-state index in [1.54, 1.807) is 11.3 Å². The molecule has 0 unspecified atom stereocenters. The number of nitrogens with zero attached hydrogens (tertiary/aromatic N) is 3. The monoisotopic (exact) mass is 450 g/mol. The number of thiophene rings is 1. The minimum atomic E-state index is 0. The van der Waals surface area contributed by atoms with Crippen molar-refractivity contribution in [1.29, 1.82) is 0 Å². The van der Waals surface area contributed by atoms with Crippen molar-refractivity contribution in [2.45, 2.75) is 33.4 Å². The molecule has 122 valence electrons. The van der Waals surface area contributed by atoms with Crippen LogP contribution in [0.25, 0.3) is 0 Å². The fraction of sp³-hybridized carbons (Fsp3) is 0.467. The first kappa shape index (κ1) is 19.4. The molecule has 2 aromatic rings. The summed E-state index contributed by atoms with van der Waals surface area (Å²) in [5, 5.41) is 6.62. The Labute approximate surface area is 157 Å². The van der Waals surface area contributed by atoms with E-state index in [-0.39, 0.29) is 24.0 Å². The fourth-order valence-electron chi connectivity index (χ4n) is 2.06. The smallest absolute Gasteiger partial charge is 0.194 e. The van der Waals surface area contributed by atoms with Crippen LogP contribution >= 0.6 is 46.7 Å². The third-order valence-electron chi connectivity index (χ3n) is 3.13. The molecule has 0 fully saturated rings. The molecule has 0 aromatic carbocycles. The molecule has 0 amide bonds.